The SMILES string of the molecule is CCCN1C(=O)N/C(=C/c2cc(I)c(OCc3cccc([N+](=O)[O-])c3)c(I)c2)C1=O. The molecule has 10 heteroatoms. The van der Waals surface area contributed by atoms with Gasteiger partial charge in [-0.15, -0.1) is 0 Å². The van der Waals surface area contributed by atoms with Gasteiger partial charge in [0.2, 0.25) is 0 Å². The van der Waals surface area contributed by atoms with Crippen molar-refractivity contribution in [1.29, 1.82) is 0 Å². The van der Waals surface area contributed by atoms with Crippen molar-refractivity contribution in [2.45, 2.75) is 20.0 Å². The third-order valence-electron chi connectivity index (χ3n) is 4.25. The number of ether oxygens (including phenoxy) is 1. The zero-order valence-electron chi connectivity index (χ0n) is 15.9. The number of rotatable bonds is 7. The molecule has 30 heavy (non-hydrogen) atoms. The highest BCUT2D eigenvalue weighted by Crippen LogP contribution is 2.31. The smallest absolute Gasteiger partial charge is 0.329 e. The fourth-order valence-corrected chi connectivity index (χ4v) is 5.01. The van der Waals surface area contributed by atoms with Crippen LogP contribution in [-0.2, 0) is 11.4 Å². The summed E-state index contributed by atoms with van der Waals surface area (Å²) in [4.78, 5) is 36.0. The normalized spacial score (nSPS) is 14.9. The predicted molar refractivity (Wildman–Crippen MR) is 128 cm³/mol. The van der Waals surface area contributed by atoms with Gasteiger partial charge >= 0.3 is 6.03 Å². The number of carbonyl (C=O) groups is 2. The number of nitrogens with one attached hydrogen (secondary N) is 1. The summed E-state index contributed by atoms with van der Waals surface area (Å²) in [5.74, 6) is 0.317. The van der Waals surface area contributed by atoms with Gasteiger partial charge < -0.3 is 10.1 Å². The molecule has 3 amide bonds. The summed E-state index contributed by atoms with van der Waals surface area (Å²) in [5, 5.41) is 13.5. The number of halogens is 2. The summed E-state index contributed by atoms with van der Waals surface area (Å²) in [7, 11) is 0. The van der Waals surface area contributed by atoms with Crippen LogP contribution in [0.2, 0.25) is 0 Å². The maximum absolute atomic E-state index is 12.4. The topological polar surface area (TPSA) is 102 Å². The molecule has 1 heterocycles. The predicted octanol–water partition coefficient (Wildman–Crippen LogP) is 4.69. The van der Waals surface area contributed by atoms with E-state index in [-0.39, 0.29) is 23.9 Å². The fourth-order valence-electron chi connectivity index (χ4n) is 2.88. The first-order chi connectivity index (χ1) is 14.3. The van der Waals surface area contributed by atoms with Gasteiger partial charge in [-0.1, -0.05) is 19.1 Å². The number of imide groups is 1. The molecule has 1 aliphatic heterocycles. The zero-order chi connectivity index (χ0) is 21.8. The van der Waals surface area contributed by atoms with Crippen LogP contribution in [0.25, 0.3) is 6.08 Å². The first-order valence-electron chi connectivity index (χ1n) is 9.00. The molecule has 0 radical (unpaired) electrons. The number of nitro benzene ring substituents is 1. The van der Waals surface area contributed by atoms with Crippen LogP contribution in [-0.4, -0.2) is 28.3 Å². The molecule has 1 saturated heterocycles. The number of nitro groups is 1. The van der Waals surface area contributed by atoms with Gasteiger partial charge in [-0.25, -0.2) is 4.79 Å². The molecule has 8 nitrogen and oxygen atoms in total. The molecule has 0 spiro atoms. The summed E-state index contributed by atoms with van der Waals surface area (Å²) in [6.07, 6.45) is 2.34. The molecule has 0 saturated carbocycles. The Morgan fingerprint density at radius 3 is 2.53 bits per heavy atom. The van der Waals surface area contributed by atoms with E-state index in [4.69, 9.17) is 4.74 Å². The summed E-state index contributed by atoms with van der Waals surface area (Å²) < 4.78 is 7.53. The monoisotopic (exact) mass is 633 g/mol. The summed E-state index contributed by atoms with van der Waals surface area (Å²) in [5.41, 5.74) is 1.71. The van der Waals surface area contributed by atoms with Crippen LogP contribution < -0.4 is 10.1 Å². The number of hydrogen-bond acceptors (Lipinski definition) is 5. The van der Waals surface area contributed by atoms with Crippen molar-refractivity contribution in [3.63, 3.8) is 0 Å². The lowest BCUT2D eigenvalue weighted by molar-refractivity contribution is -0.384. The Balaban J connectivity index is 1.78. The van der Waals surface area contributed by atoms with Crippen LogP contribution >= 0.6 is 45.2 Å². The van der Waals surface area contributed by atoms with Gasteiger partial charge in [-0.05, 0) is 80.9 Å². The quantitative estimate of drug-likeness (QED) is 0.157. The fraction of sp³-hybridized carbons (Fsp3) is 0.200. The highest BCUT2D eigenvalue weighted by Gasteiger charge is 2.32. The van der Waals surface area contributed by atoms with E-state index in [1.165, 1.54) is 17.0 Å². The molecule has 0 aromatic heterocycles. The second-order valence-corrected chi connectivity index (χ2v) is 8.80. The summed E-state index contributed by atoms with van der Waals surface area (Å²) in [6, 6.07) is 9.59. The van der Waals surface area contributed by atoms with Gasteiger partial charge in [0.1, 0.15) is 18.1 Å². The number of urea groups is 1. The highest BCUT2D eigenvalue weighted by atomic mass is 127. The average molecular weight is 633 g/mol. The largest absolute Gasteiger partial charge is 0.487 e. The maximum atomic E-state index is 12.4. The number of carbonyl (C=O) groups excluding carboxylic acids is 2. The molecule has 2 aromatic rings. The van der Waals surface area contributed by atoms with Crippen LogP contribution in [0, 0.1) is 17.3 Å². The van der Waals surface area contributed by atoms with E-state index in [2.05, 4.69) is 50.5 Å². The number of hydrogen-bond donors (Lipinski definition) is 1. The van der Waals surface area contributed by atoms with Crippen molar-refractivity contribution >= 4 is 68.9 Å². The molecule has 0 atom stereocenters. The zero-order valence-corrected chi connectivity index (χ0v) is 20.2. The lowest BCUT2D eigenvalue weighted by atomic mass is 10.1. The van der Waals surface area contributed by atoms with Crippen LogP contribution in [0.3, 0.4) is 0 Å². The average Bonchev–Trinajstić information content (AvgIpc) is 2.95. The maximum Gasteiger partial charge on any atom is 0.329 e. The van der Waals surface area contributed by atoms with Crippen LogP contribution in [0.4, 0.5) is 10.5 Å². The number of nitrogens with zero attached hydrogens (tertiary/aromatic N) is 2. The minimum Gasteiger partial charge on any atom is -0.487 e. The van der Waals surface area contributed by atoms with Gasteiger partial charge in [-0.2, -0.15) is 0 Å². The lowest BCUT2D eigenvalue weighted by Crippen LogP contribution is -2.31. The van der Waals surface area contributed by atoms with Crippen LogP contribution in [0.5, 0.6) is 5.75 Å². The standard InChI is InChI=1S/C20H17I2N3O5/c1-2-6-24-19(26)17(23-20(24)27)10-13-8-15(21)18(16(22)9-13)30-11-12-4-3-5-14(7-12)25(28)29/h3-5,7-10H,2,6,11H2,1H3,(H,23,27)/b17-10+. The van der Waals surface area contributed by atoms with E-state index in [1.807, 2.05) is 19.1 Å². The Bertz CT molecular complexity index is 1030. The van der Waals surface area contributed by atoms with Crippen molar-refractivity contribution in [2.75, 3.05) is 6.54 Å². The lowest BCUT2D eigenvalue weighted by Gasteiger charge is -2.12. The first kappa shape index (κ1) is 22.5. The second-order valence-electron chi connectivity index (χ2n) is 6.47. The molecular formula is C20H17I2N3O5. The van der Waals surface area contributed by atoms with Gasteiger partial charge in [0.15, 0.2) is 0 Å². The van der Waals surface area contributed by atoms with Crippen molar-refractivity contribution < 1.29 is 19.2 Å². The molecule has 0 bridgehead atoms. The molecule has 3 rings (SSSR count). The minimum absolute atomic E-state index is 0.0165. The van der Waals surface area contributed by atoms with Crippen molar-refractivity contribution in [3.05, 3.63) is 70.5 Å². The van der Waals surface area contributed by atoms with E-state index < -0.39 is 11.0 Å². The van der Waals surface area contributed by atoms with Crippen molar-refractivity contribution in [1.82, 2.24) is 10.2 Å². The molecule has 0 unspecified atom stereocenters. The van der Waals surface area contributed by atoms with Gasteiger partial charge in [0.05, 0.1) is 12.1 Å². The third kappa shape index (κ3) is 5.09. The molecule has 0 aliphatic carbocycles. The summed E-state index contributed by atoms with van der Waals surface area (Å²) in [6.45, 7) is 2.47. The van der Waals surface area contributed by atoms with Gasteiger partial charge in [0.25, 0.3) is 11.6 Å². The van der Waals surface area contributed by atoms with Gasteiger partial charge in [-0.3, -0.25) is 19.8 Å². The van der Waals surface area contributed by atoms with Crippen molar-refractivity contribution in [2.24, 2.45) is 0 Å². The molecule has 1 fully saturated rings. The molecular weight excluding hydrogens is 616 g/mol. The Morgan fingerprint density at radius 1 is 1.20 bits per heavy atom. The van der Waals surface area contributed by atoms with E-state index in [1.54, 1.807) is 18.2 Å². The number of non-ortho nitro benzene ring substituents is 1. The van der Waals surface area contributed by atoms with Gasteiger partial charge in [0, 0.05) is 18.7 Å². The number of benzene rings is 2. The van der Waals surface area contributed by atoms with Crippen LogP contribution in [0.1, 0.15) is 24.5 Å². The van der Waals surface area contributed by atoms with Crippen molar-refractivity contribution in [3.8, 4) is 5.75 Å². The van der Waals surface area contributed by atoms with E-state index in [0.29, 0.717) is 24.3 Å². The van der Waals surface area contributed by atoms with Crippen LogP contribution in [0.15, 0.2) is 42.1 Å². The van der Waals surface area contributed by atoms with E-state index >= 15 is 0 Å². The molecule has 2 aromatic carbocycles. The Labute approximate surface area is 200 Å². The Kier molecular flexibility index (Phi) is 7.28. The Morgan fingerprint density at radius 2 is 1.90 bits per heavy atom. The molecule has 1 N–H and O–H groups in total. The molecule has 156 valence electrons. The minimum atomic E-state index is -0.440. The van der Waals surface area contributed by atoms with E-state index in [0.717, 1.165) is 12.7 Å². The molecule has 1 aliphatic rings. The third-order valence-corrected chi connectivity index (χ3v) is 5.85. The first-order valence-corrected chi connectivity index (χ1v) is 11.2. The highest BCUT2D eigenvalue weighted by molar-refractivity contribution is 14.1. The summed E-state index contributed by atoms with van der Waals surface area (Å²) >= 11 is 4.27. The number of amides is 3. The Hall–Kier alpha value is -2.22. The second kappa shape index (κ2) is 9.73. The van der Waals surface area contributed by atoms with E-state index in [9.17, 15) is 19.7 Å².